The molecule has 120 valence electrons. The molecule has 23 heavy (non-hydrogen) atoms. The highest BCUT2D eigenvalue weighted by Crippen LogP contribution is 2.15. The number of carbonyl (C=O) groups excluding carboxylic acids is 1. The first-order chi connectivity index (χ1) is 11.2. The molecule has 4 heteroatoms. The van der Waals surface area contributed by atoms with Gasteiger partial charge in [0, 0.05) is 12.2 Å². The number of anilines is 1. The standard InChI is InChI=1S/C19H22N2O2/c1-2-17-13-15(10-11-18(17)20)9-6-12-21-19(22)23-14-16-7-4-3-5-8-16/h3-11,13H,2,12,14,20H2,1H3,(H,21,22). The Morgan fingerprint density at radius 2 is 2.00 bits per heavy atom. The van der Waals surface area contributed by atoms with Gasteiger partial charge in [-0.2, -0.15) is 0 Å². The summed E-state index contributed by atoms with van der Waals surface area (Å²) in [5, 5.41) is 2.69. The summed E-state index contributed by atoms with van der Waals surface area (Å²) in [6.07, 6.45) is 4.31. The molecule has 0 aliphatic carbocycles. The third kappa shape index (κ3) is 5.51. The first-order valence-corrected chi connectivity index (χ1v) is 7.68. The summed E-state index contributed by atoms with van der Waals surface area (Å²) < 4.78 is 5.13. The van der Waals surface area contributed by atoms with Crippen LogP contribution < -0.4 is 11.1 Å². The maximum absolute atomic E-state index is 11.6. The second-order valence-electron chi connectivity index (χ2n) is 5.16. The smallest absolute Gasteiger partial charge is 0.407 e. The van der Waals surface area contributed by atoms with Crippen molar-refractivity contribution in [2.45, 2.75) is 20.0 Å². The zero-order valence-corrected chi connectivity index (χ0v) is 13.3. The molecule has 2 aromatic rings. The van der Waals surface area contributed by atoms with Gasteiger partial charge in [-0.1, -0.05) is 55.5 Å². The van der Waals surface area contributed by atoms with Crippen molar-refractivity contribution in [3.8, 4) is 0 Å². The van der Waals surface area contributed by atoms with Crippen LogP contribution in [0.4, 0.5) is 10.5 Å². The van der Waals surface area contributed by atoms with Crippen LogP contribution >= 0.6 is 0 Å². The van der Waals surface area contributed by atoms with Gasteiger partial charge in [-0.15, -0.1) is 0 Å². The second-order valence-corrected chi connectivity index (χ2v) is 5.16. The number of nitrogens with one attached hydrogen (secondary N) is 1. The number of aryl methyl sites for hydroxylation is 1. The monoisotopic (exact) mass is 310 g/mol. The Kier molecular flexibility index (Phi) is 6.24. The van der Waals surface area contributed by atoms with Crippen LogP contribution in [-0.2, 0) is 17.8 Å². The molecular formula is C19H22N2O2. The molecule has 0 radical (unpaired) electrons. The minimum atomic E-state index is -0.426. The number of carbonyl (C=O) groups is 1. The van der Waals surface area contributed by atoms with Crippen molar-refractivity contribution < 1.29 is 9.53 Å². The molecule has 0 aliphatic rings. The number of nitrogens with two attached hydrogens (primary N) is 1. The molecule has 0 aromatic heterocycles. The van der Waals surface area contributed by atoms with Gasteiger partial charge < -0.3 is 15.8 Å². The van der Waals surface area contributed by atoms with E-state index >= 15 is 0 Å². The van der Waals surface area contributed by atoms with Crippen molar-refractivity contribution in [3.05, 3.63) is 71.3 Å². The predicted molar refractivity (Wildman–Crippen MR) is 93.9 cm³/mol. The van der Waals surface area contributed by atoms with Gasteiger partial charge in [-0.25, -0.2) is 4.79 Å². The molecule has 0 fully saturated rings. The highest BCUT2D eigenvalue weighted by molar-refractivity contribution is 5.67. The van der Waals surface area contributed by atoms with E-state index in [9.17, 15) is 4.79 Å². The van der Waals surface area contributed by atoms with E-state index in [1.54, 1.807) is 0 Å². The lowest BCUT2D eigenvalue weighted by Gasteiger charge is -2.05. The Morgan fingerprint density at radius 1 is 1.22 bits per heavy atom. The largest absolute Gasteiger partial charge is 0.445 e. The molecule has 0 saturated heterocycles. The molecule has 2 rings (SSSR count). The third-order valence-electron chi connectivity index (χ3n) is 3.44. The number of hydrogen-bond acceptors (Lipinski definition) is 3. The van der Waals surface area contributed by atoms with Crippen molar-refractivity contribution in [1.29, 1.82) is 0 Å². The lowest BCUT2D eigenvalue weighted by Crippen LogP contribution is -2.24. The van der Waals surface area contributed by atoms with Crippen molar-refractivity contribution in [2.75, 3.05) is 12.3 Å². The zero-order valence-electron chi connectivity index (χ0n) is 13.3. The normalized spacial score (nSPS) is 10.7. The molecule has 0 atom stereocenters. The number of hydrogen-bond donors (Lipinski definition) is 2. The number of nitrogen functional groups attached to an aromatic ring is 1. The van der Waals surface area contributed by atoms with E-state index < -0.39 is 6.09 Å². The van der Waals surface area contributed by atoms with E-state index in [0.717, 1.165) is 28.8 Å². The number of ether oxygens (including phenoxy) is 1. The van der Waals surface area contributed by atoms with Gasteiger partial charge in [0.2, 0.25) is 0 Å². The highest BCUT2D eigenvalue weighted by Gasteiger charge is 2.00. The van der Waals surface area contributed by atoms with Crippen LogP contribution in [0.15, 0.2) is 54.6 Å². The topological polar surface area (TPSA) is 64.3 Å². The number of benzene rings is 2. The third-order valence-corrected chi connectivity index (χ3v) is 3.44. The minimum absolute atomic E-state index is 0.272. The number of alkyl carbamates (subject to hydrolysis) is 1. The lowest BCUT2D eigenvalue weighted by atomic mass is 10.1. The molecule has 2 aromatic carbocycles. The van der Waals surface area contributed by atoms with E-state index in [2.05, 4.69) is 18.3 Å². The maximum atomic E-state index is 11.6. The molecule has 3 N–H and O–H groups in total. The van der Waals surface area contributed by atoms with Gasteiger partial charge in [0.25, 0.3) is 0 Å². The lowest BCUT2D eigenvalue weighted by molar-refractivity contribution is 0.141. The molecule has 0 heterocycles. The summed E-state index contributed by atoms with van der Waals surface area (Å²) in [6, 6.07) is 15.5. The van der Waals surface area contributed by atoms with Crippen LogP contribution in [0, 0.1) is 0 Å². The van der Waals surface area contributed by atoms with Crippen LogP contribution in [0.3, 0.4) is 0 Å². The predicted octanol–water partition coefficient (Wildman–Crippen LogP) is 3.77. The summed E-state index contributed by atoms with van der Waals surface area (Å²) in [5.41, 5.74) is 9.85. The van der Waals surface area contributed by atoms with Gasteiger partial charge in [0.15, 0.2) is 0 Å². The average Bonchev–Trinajstić information content (AvgIpc) is 2.59. The fourth-order valence-electron chi connectivity index (χ4n) is 2.15. The zero-order chi connectivity index (χ0) is 16.5. The quantitative estimate of drug-likeness (QED) is 0.798. The van der Waals surface area contributed by atoms with E-state index in [4.69, 9.17) is 10.5 Å². The molecule has 1 amide bonds. The Hall–Kier alpha value is -2.75. The van der Waals surface area contributed by atoms with Crippen molar-refractivity contribution in [2.24, 2.45) is 0 Å². The average molecular weight is 310 g/mol. The van der Waals surface area contributed by atoms with E-state index in [1.165, 1.54) is 0 Å². The Bertz CT molecular complexity index is 666. The van der Waals surface area contributed by atoms with Crippen LogP contribution in [0.5, 0.6) is 0 Å². The summed E-state index contributed by atoms with van der Waals surface area (Å²) in [7, 11) is 0. The summed E-state index contributed by atoms with van der Waals surface area (Å²) in [5.74, 6) is 0. The summed E-state index contributed by atoms with van der Waals surface area (Å²) in [6.45, 7) is 2.76. The van der Waals surface area contributed by atoms with Crippen molar-refractivity contribution in [3.63, 3.8) is 0 Å². The molecule has 0 unspecified atom stereocenters. The second kappa shape index (κ2) is 8.63. The first-order valence-electron chi connectivity index (χ1n) is 7.68. The maximum Gasteiger partial charge on any atom is 0.407 e. The van der Waals surface area contributed by atoms with Gasteiger partial charge in [-0.05, 0) is 35.2 Å². The summed E-state index contributed by atoms with van der Waals surface area (Å²) >= 11 is 0. The molecule has 0 aliphatic heterocycles. The fourth-order valence-corrected chi connectivity index (χ4v) is 2.15. The number of amides is 1. The number of rotatable bonds is 6. The Labute approximate surface area is 137 Å². The van der Waals surface area contributed by atoms with E-state index in [0.29, 0.717) is 6.54 Å². The van der Waals surface area contributed by atoms with Crippen molar-refractivity contribution >= 4 is 17.9 Å². The van der Waals surface area contributed by atoms with Gasteiger partial charge >= 0.3 is 6.09 Å². The van der Waals surface area contributed by atoms with Crippen molar-refractivity contribution in [1.82, 2.24) is 5.32 Å². The molecule has 0 saturated carbocycles. The fraction of sp³-hybridized carbons (Fsp3) is 0.211. The Morgan fingerprint density at radius 3 is 2.74 bits per heavy atom. The van der Waals surface area contributed by atoms with E-state index in [1.807, 2.05) is 54.6 Å². The first kappa shape index (κ1) is 16.6. The molecule has 0 spiro atoms. The highest BCUT2D eigenvalue weighted by atomic mass is 16.5. The molecule has 0 bridgehead atoms. The van der Waals surface area contributed by atoms with Gasteiger partial charge in [0.1, 0.15) is 6.61 Å². The van der Waals surface area contributed by atoms with Crippen LogP contribution in [0.1, 0.15) is 23.6 Å². The molecule has 4 nitrogen and oxygen atoms in total. The van der Waals surface area contributed by atoms with E-state index in [-0.39, 0.29) is 6.61 Å². The SMILES string of the molecule is CCc1cc(C=CCNC(=O)OCc2ccccc2)ccc1N. The van der Waals surface area contributed by atoms with Crippen LogP contribution in [0.2, 0.25) is 0 Å². The molecular weight excluding hydrogens is 288 g/mol. The van der Waals surface area contributed by atoms with Crippen LogP contribution in [-0.4, -0.2) is 12.6 Å². The minimum Gasteiger partial charge on any atom is -0.445 e. The Balaban J connectivity index is 1.74. The van der Waals surface area contributed by atoms with Gasteiger partial charge in [-0.3, -0.25) is 0 Å². The summed E-state index contributed by atoms with van der Waals surface area (Å²) in [4.78, 5) is 11.6. The van der Waals surface area contributed by atoms with Gasteiger partial charge in [0.05, 0.1) is 0 Å². The van der Waals surface area contributed by atoms with Crippen LogP contribution in [0.25, 0.3) is 6.08 Å².